The van der Waals surface area contributed by atoms with Crippen LogP contribution in [0.5, 0.6) is 0 Å². The molecule has 5 heteroatoms. The van der Waals surface area contributed by atoms with Gasteiger partial charge in [-0.2, -0.15) is 0 Å². The molecule has 0 spiro atoms. The maximum Gasteiger partial charge on any atom is 0.122 e. The lowest BCUT2D eigenvalue weighted by atomic mass is 10.1. The predicted octanol–water partition coefficient (Wildman–Crippen LogP) is 3.91. The maximum absolute atomic E-state index is 7.41. The Morgan fingerprint density at radius 1 is 1.10 bits per heavy atom. The Bertz CT molecular complexity index is 638. The van der Waals surface area contributed by atoms with Gasteiger partial charge in [-0.15, -0.1) is 0 Å². The number of nitrogens with one attached hydrogen (secondary N) is 1. The van der Waals surface area contributed by atoms with Crippen molar-refractivity contribution in [1.29, 1.82) is 5.41 Å². The number of nitrogens with zero attached hydrogens (tertiary/aromatic N) is 1. The van der Waals surface area contributed by atoms with Gasteiger partial charge >= 0.3 is 0 Å². The monoisotopic (exact) mass is 321 g/mol. The van der Waals surface area contributed by atoms with E-state index in [0.717, 1.165) is 23.7 Å². The first-order valence-corrected chi connectivity index (χ1v) is 7.27. The molecule has 0 aliphatic rings. The van der Waals surface area contributed by atoms with E-state index >= 15 is 0 Å². The van der Waals surface area contributed by atoms with Gasteiger partial charge in [-0.3, -0.25) is 10.3 Å². The normalized spacial score (nSPS) is 10.9. The molecule has 0 heterocycles. The summed E-state index contributed by atoms with van der Waals surface area (Å²) in [6, 6.07) is 13.3. The molecule has 0 unspecified atom stereocenters. The summed E-state index contributed by atoms with van der Waals surface area (Å²) in [7, 11) is 2.03. The molecule has 110 valence electrons. The lowest BCUT2D eigenvalue weighted by Gasteiger charge is -2.18. The summed E-state index contributed by atoms with van der Waals surface area (Å²) < 4.78 is 0. The van der Waals surface area contributed by atoms with Gasteiger partial charge in [0.05, 0.1) is 0 Å². The van der Waals surface area contributed by atoms with Crippen molar-refractivity contribution in [3.05, 3.63) is 69.2 Å². The van der Waals surface area contributed by atoms with Crippen molar-refractivity contribution in [2.24, 2.45) is 5.73 Å². The van der Waals surface area contributed by atoms with E-state index in [2.05, 4.69) is 4.90 Å². The molecule has 0 saturated carbocycles. The quantitative estimate of drug-likeness (QED) is 0.648. The molecule has 0 amide bonds. The zero-order valence-corrected chi connectivity index (χ0v) is 13.2. The molecule has 0 bridgehead atoms. The average molecular weight is 322 g/mol. The second-order valence-electron chi connectivity index (χ2n) is 5.02. The topological polar surface area (TPSA) is 53.1 Å². The Morgan fingerprint density at radius 2 is 1.76 bits per heavy atom. The molecule has 2 aromatic rings. The number of hydrogen-bond acceptors (Lipinski definition) is 2. The Kier molecular flexibility index (Phi) is 5.23. The van der Waals surface area contributed by atoms with E-state index in [4.69, 9.17) is 34.3 Å². The average Bonchev–Trinajstić information content (AvgIpc) is 2.43. The molecule has 0 aliphatic carbocycles. The first-order valence-electron chi connectivity index (χ1n) is 6.51. The molecule has 3 N–H and O–H groups in total. The van der Waals surface area contributed by atoms with Crippen molar-refractivity contribution in [2.75, 3.05) is 7.05 Å². The van der Waals surface area contributed by atoms with Crippen LogP contribution in [0, 0.1) is 5.41 Å². The first kappa shape index (κ1) is 15.8. The van der Waals surface area contributed by atoms with Gasteiger partial charge in [0, 0.05) is 28.7 Å². The first-order chi connectivity index (χ1) is 9.95. The van der Waals surface area contributed by atoms with E-state index < -0.39 is 0 Å². The van der Waals surface area contributed by atoms with Crippen LogP contribution in [0.4, 0.5) is 0 Å². The van der Waals surface area contributed by atoms with Gasteiger partial charge in [0.1, 0.15) is 5.84 Å². The largest absolute Gasteiger partial charge is 0.384 e. The van der Waals surface area contributed by atoms with Crippen LogP contribution in [0.25, 0.3) is 0 Å². The Labute approximate surface area is 134 Å². The van der Waals surface area contributed by atoms with Gasteiger partial charge in [-0.05, 0) is 36.4 Å². The van der Waals surface area contributed by atoms with Gasteiger partial charge < -0.3 is 5.73 Å². The van der Waals surface area contributed by atoms with Crippen LogP contribution in [0.15, 0.2) is 42.5 Å². The summed E-state index contributed by atoms with van der Waals surface area (Å²) in [6.07, 6.45) is 0. The fourth-order valence-electron chi connectivity index (χ4n) is 2.09. The smallest absolute Gasteiger partial charge is 0.122 e. The van der Waals surface area contributed by atoms with Crippen LogP contribution in [-0.2, 0) is 13.1 Å². The number of amidine groups is 1. The lowest BCUT2D eigenvalue weighted by molar-refractivity contribution is 0.319. The fraction of sp³-hybridized carbons (Fsp3) is 0.188. The number of benzene rings is 2. The van der Waals surface area contributed by atoms with Crippen molar-refractivity contribution >= 4 is 29.0 Å². The lowest BCUT2D eigenvalue weighted by Crippen LogP contribution is -2.18. The van der Waals surface area contributed by atoms with E-state index in [0.29, 0.717) is 10.6 Å². The Balaban J connectivity index is 2.04. The van der Waals surface area contributed by atoms with Crippen LogP contribution < -0.4 is 5.73 Å². The third-order valence-electron chi connectivity index (χ3n) is 3.17. The van der Waals surface area contributed by atoms with Gasteiger partial charge in [-0.1, -0.05) is 47.5 Å². The summed E-state index contributed by atoms with van der Waals surface area (Å²) in [5.41, 5.74) is 8.30. The minimum Gasteiger partial charge on any atom is -0.384 e. The van der Waals surface area contributed by atoms with Crippen LogP contribution in [0.2, 0.25) is 10.0 Å². The molecule has 0 fully saturated rings. The highest BCUT2D eigenvalue weighted by Crippen LogP contribution is 2.20. The highest BCUT2D eigenvalue weighted by molar-refractivity contribution is 6.31. The summed E-state index contributed by atoms with van der Waals surface area (Å²) >= 11 is 12.1. The minimum absolute atomic E-state index is 0.0259. The zero-order valence-electron chi connectivity index (χ0n) is 11.7. The third-order valence-corrected chi connectivity index (χ3v) is 3.77. The highest BCUT2D eigenvalue weighted by Gasteiger charge is 2.07. The number of nitrogens with two attached hydrogens (primary N) is 1. The van der Waals surface area contributed by atoms with E-state index in [9.17, 15) is 0 Å². The minimum atomic E-state index is 0.0259. The predicted molar refractivity (Wildman–Crippen MR) is 89.1 cm³/mol. The fourth-order valence-corrected chi connectivity index (χ4v) is 2.46. The van der Waals surface area contributed by atoms with Gasteiger partial charge in [0.15, 0.2) is 0 Å². The van der Waals surface area contributed by atoms with Crippen LogP contribution in [0.1, 0.15) is 16.7 Å². The van der Waals surface area contributed by atoms with Gasteiger partial charge in [0.25, 0.3) is 0 Å². The van der Waals surface area contributed by atoms with Crippen LogP contribution >= 0.6 is 23.2 Å². The maximum atomic E-state index is 7.41. The van der Waals surface area contributed by atoms with Crippen molar-refractivity contribution in [3.8, 4) is 0 Å². The van der Waals surface area contributed by atoms with Crippen molar-refractivity contribution in [3.63, 3.8) is 0 Å². The number of hydrogen-bond donors (Lipinski definition) is 2. The molecule has 0 radical (unpaired) electrons. The van der Waals surface area contributed by atoms with E-state index in [1.54, 1.807) is 6.07 Å². The second kappa shape index (κ2) is 6.94. The molecule has 2 rings (SSSR count). The molecule has 0 saturated heterocycles. The summed E-state index contributed by atoms with van der Waals surface area (Å²) in [5.74, 6) is 0.0259. The van der Waals surface area contributed by atoms with Crippen LogP contribution in [-0.4, -0.2) is 17.8 Å². The summed E-state index contributed by atoms with van der Waals surface area (Å²) in [6.45, 7) is 1.53. The molecular formula is C16H17Cl2N3. The number of halogens is 2. The van der Waals surface area contributed by atoms with Crippen molar-refractivity contribution < 1.29 is 0 Å². The SMILES string of the molecule is CN(Cc1ccc(Cl)cc1)Cc1ccc(C(=N)N)cc1Cl. The standard InChI is InChI=1S/C16H17Cl2N3/c1-21(9-11-2-6-14(17)7-3-11)10-13-5-4-12(16(19)20)8-15(13)18/h2-8H,9-10H2,1H3,(H3,19,20). The van der Waals surface area contributed by atoms with Gasteiger partial charge in [0.2, 0.25) is 0 Å². The zero-order chi connectivity index (χ0) is 15.4. The molecule has 0 atom stereocenters. The van der Waals surface area contributed by atoms with E-state index in [-0.39, 0.29) is 5.84 Å². The second-order valence-corrected chi connectivity index (χ2v) is 5.86. The van der Waals surface area contributed by atoms with E-state index in [1.165, 1.54) is 5.56 Å². The van der Waals surface area contributed by atoms with Gasteiger partial charge in [-0.25, -0.2) is 0 Å². The van der Waals surface area contributed by atoms with E-state index in [1.807, 2.05) is 43.4 Å². The number of nitrogen functional groups attached to an aromatic ring is 1. The molecular weight excluding hydrogens is 305 g/mol. The molecule has 0 aliphatic heterocycles. The summed E-state index contributed by atoms with van der Waals surface area (Å²) in [5, 5.41) is 8.78. The van der Waals surface area contributed by atoms with Crippen molar-refractivity contribution in [1.82, 2.24) is 4.90 Å². The van der Waals surface area contributed by atoms with Crippen molar-refractivity contribution in [2.45, 2.75) is 13.1 Å². The third kappa shape index (κ3) is 4.46. The molecule has 2 aromatic carbocycles. The Hall–Kier alpha value is -1.55. The highest BCUT2D eigenvalue weighted by atomic mass is 35.5. The van der Waals surface area contributed by atoms with Crippen LogP contribution in [0.3, 0.4) is 0 Å². The Morgan fingerprint density at radius 3 is 2.33 bits per heavy atom. The number of rotatable bonds is 5. The molecule has 3 nitrogen and oxygen atoms in total. The summed E-state index contributed by atoms with van der Waals surface area (Å²) in [4.78, 5) is 2.16. The molecule has 21 heavy (non-hydrogen) atoms. The molecule has 0 aromatic heterocycles.